The molecule has 0 N–H and O–H groups in total. The van der Waals surface area contributed by atoms with E-state index in [-0.39, 0.29) is 5.91 Å². The van der Waals surface area contributed by atoms with Crippen LogP contribution in [-0.4, -0.2) is 25.0 Å². The van der Waals surface area contributed by atoms with Crippen LogP contribution >= 0.6 is 27.5 Å². The van der Waals surface area contributed by atoms with E-state index in [0.29, 0.717) is 11.6 Å². The van der Waals surface area contributed by atoms with Crippen LogP contribution in [0.4, 0.5) is 0 Å². The summed E-state index contributed by atoms with van der Waals surface area (Å²) >= 11 is 9.28. The minimum Gasteiger partial charge on any atom is -0.496 e. The highest BCUT2D eigenvalue weighted by Crippen LogP contribution is 2.24. The number of rotatable bonds is 5. The zero-order chi connectivity index (χ0) is 16.8. The van der Waals surface area contributed by atoms with Gasteiger partial charge in [0.25, 0.3) is 0 Å². The molecule has 0 saturated heterocycles. The molecule has 1 amide bonds. The Morgan fingerprint density at radius 3 is 2.61 bits per heavy atom. The second-order valence-electron chi connectivity index (χ2n) is 5.04. The Labute approximate surface area is 149 Å². The quantitative estimate of drug-likeness (QED) is 0.683. The lowest BCUT2D eigenvalue weighted by Gasteiger charge is -2.17. The summed E-state index contributed by atoms with van der Waals surface area (Å²) in [7, 11) is 3.38. The fourth-order valence-electron chi connectivity index (χ4n) is 2.07. The zero-order valence-corrected chi connectivity index (χ0v) is 15.3. The molecule has 0 heterocycles. The first-order valence-electron chi connectivity index (χ1n) is 7.01. The van der Waals surface area contributed by atoms with E-state index < -0.39 is 0 Å². The van der Waals surface area contributed by atoms with Gasteiger partial charge in [-0.3, -0.25) is 4.79 Å². The van der Waals surface area contributed by atoms with Crippen LogP contribution in [0.5, 0.6) is 5.75 Å². The first-order chi connectivity index (χ1) is 11.0. The molecule has 0 saturated carbocycles. The Balaban J connectivity index is 2.05. The van der Waals surface area contributed by atoms with Crippen molar-refractivity contribution in [2.45, 2.75) is 6.54 Å². The average molecular weight is 395 g/mol. The summed E-state index contributed by atoms with van der Waals surface area (Å²) in [6.45, 7) is 0.465. The van der Waals surface area contributed by atoms with E-state index >= 15 is 0 Å². The largest absolute Gasteiger partial charge is 0.496 e. The summed E-state index contributed by atoms with van der Waals surface area (Å²) in [5, 5.41) is 0.673. The van der Waals surface area contributed by atoms with Gasteiger partial charge in [-0.15, -0.1) is 0 Å². The van der Waals surface area contributed by atoms with E-state index in [9.17, 15) is 4.79 Å². The number of hydrogen-bond acceptors (Lipinski definition) is 2. The molecule has 120 valence electrons. The number of ether oxygens (including phenoxy) is 1. The van der Waals surface area contributed by atoms with E-state index in [2.05, 4.69) is 15.9 Å². The van der Waals surface area contributed by atoms with Crippen LogP contribution in [0.15, 0.2) is 53.0 Å². The van der Waals surface area contributed by atoms with E-state index in [4.69, 9.17) is 16.3 Å². The summed E-state index contributed by atoms with van der Waals surface area (Å²) in [5.74, 6) is 0.677. The number of nitrogens with zero attached hydrogens (tertiary/aromatic N) is 1. The van der Waals surface area contributed by atoms with Gasteiger partial charge < -0.3 is 9.64 Å². The molecule has 0 radical (unpaired) electrons. The summed E-state index contributed by atoms with van der Waals surface area (Å²) in [4.78, 5) is 13.9. The van der Waals surface area contributed by atoms with Gasteiger partial charge in [-0.05, 0) is 42.0 Å². The van der Waals surface area contributed by atoms with Crippen molar-refractivity contribution in [3.05, 3.63) is 69.2 Å². The standard InChI is InChI=1S/C18H17BrClNO2/c1-21(12-14-11-15(19)6-9-17(14)23-2)18(22)10-5-13-3-7-16(20)8-4-13/h3-11H,12H2,1-2H3/b10-5+. The third kappa shape index (κ3) is 5.12. The predicted octanol–water partition coefficient (Wildman–Crippen LogP) is 4.78. The molecule has 2 aromatic carbocycles. The summed E-state index contributed by atoms with van der Waals surface area (Å²) in [6, 6.07) is 13.0. The lowest BCUT2D eigenvalue weighted by atomic mass is 10.2. The number of halogens is 2. The molecular weight excluding hydrogens is 378 g/mol. The van der Waals surface area contributed by atoms with Gasteiger partial charge in [-0.1, -0.05) is 39.7 Å². The number of amides is 1. The van der Waals surface area contributed by atoms with Crippen molar-refractivity contribution < 1.29 is 9.53 Å². The number of hydrogen-bond donors (Lipinski definition) is 0. The SMILES string of the molecule is COc1ccc(Br)cc1CN(C)C(=O)/C=C/c1ccc(Cl)cc1. The number of likely N-dealkylation sites (N-methyl/N-ethyl adjacent to an activating group) is 1. The average Bonchev–Trinajstić information content (AvgIpc) is 2.54. The van der Waals surface area contributed by atoms with Gasteiger partial charge >= 0.3 is 0 Å². The Kier molecular flexibility index (Phi) is 6.25. The molecule has 3 nitrogen and oxygen atoms in total. The monoisotopic (exact) mass is 393 g/mol. The molecule has 2 rings (SSSR count). The maximum Gasteiger partial charge on any atom is 0.246 e. The van der Waals surface area contributed by atoms with Crippen molar-refractivity contribution in [2.75, 3.05) is 14.2 Å². The van der Waals surface area contributed by atoms with Crippen LogP contribution in [-0.2, 0) is 11.3 Å². The van der Waals surface area contributed by atoms with Crippen molar-refractivity contribution in [3.63, 3.8) is 0 Å². The van der Waals surface area contributed by atoms with Gasteiger partial charge in [0, 0.05) is 34.7 Å². The summed E-state index contributed by atoms with van der Waals surface area (Å²) < 4.78 is 6.28. The maximum absolute atomic E-state index is 12.2. The van der Waals surface area contributed by atoms with Crippen molar-refractivity contribution in [1.82, 2.24) is 4.90 Å². The second-order valence-corrected chi connectivity index (χ2v) is 6.39. The predicted molar refractivity (Wildman–Crippen MR) is 97.7 cm³/mol. The van der Waals surface area contributed by atoms with E-state index in [1.54, 1.807) is 43.3 Å². The van der Waals surface area contributed by atoms with Gasteiger partial charge in [0.05, 0.1) is 7.11 Å². The fraction of sp³-hybridized carbons (Fsp3) is 0.167. The smallest absolute Gasteiger partial charge is 0.246 e. The third-order valence-electron chi connectivity index (χ3n) is 3.31. The molecule has 0 fully saturated rings. The van der Waals surface area contributed by atoms with Crippen LogP contribution in [0.2, 0.25) is 5.02 Å². The second kappa shape index (κ2) is 8.18. The highest BCUT2D eigenvalue weighted by atomic mass is 79.9. The highest BCUT2D eigenvalue weighted by molar-refractivity contribution is 9.10. The van der Waals surface area contributed by atoms with Crippen LogP contribution in [0.1, 0.15) is 11.1 Å². The van der Waals surface area contributed by atoms with Crippen molar-refractivity contribution >= 4 is 39.5 Å². The van der Waals surface area contributed by atoms with E-state index in [1.807, 2.05) is 30.3 Å². The number of carbonyl (C=O) groups is 1. The third-order valence-corrected chi connectivity index (χ3v) is 4.06. The van der Waals surface area contributed by atoms with Gasteiger partial charge in [0.2, 0.25) is 5.91 Å². The number of methoxy groups -OCH3 is 1. The molecular formula is C18H17BrClNO2. The lowest BCUT2D eigenvalue weighted by molar-refractivity contribution is -0.125. The first kappa shape index (κ1) is 17.6. The molecule has 0 unspecified atom stereocenters. The number of carbonyl (C=O) groups excluding carboxylic acids is 1. The first-order valence-corrected chi connectivity index (χ1v) is 8.18. The Morgan fingerprint density at radius 2 is 1.96 bits per heavy atom. The lowest BCUT2D eigenvalue weighted by Crippen LogP contribution is -2.24. The zero-order valence-electron chi connectivity index (χ0n) is 12.9. The molecule has 0 aliphatic heterocycles. The van der Waals surface area contributed by atoms with Crippen molar-refractivity contribution in [2.24, 2.45) is 0 Å². The van der Waals surface area contributed by atoms with Crippen molar-refractivity contribution in [3.8, 4) is 5.75 Å². The van der Waals surface area contributed by atoms with Gasteiger partial charge in [0.15, 0.2) is 0 Å². The minimum absolute atomic E-state index is 0.0815. The van der Waals surface area contributed by atoms with E-state index in [1.165, 1.54) is 0 Å². The topological polar surface area (TPSA) is 29.5 Å². The van der Waals surface area contributed by atoms with Gasteiger partial charge in [-0.25, -0.2) is 0 Å². The van der Waals surface area contributed by atoms with E-state index in [0.717, 1.165) is 21.3 Å². The molecule has 0 bridgehead atoms. The summed E-state index contributed by atoms with van der Waals surface area (Å²) in [6.07, 6.45) is 3.32. The fourth-order valence-corrected chi connectivity index (χ4v) is 2.61. The Hall–Kier alpha value is -1.78. The van der Waals surface area contributed by atoms with Crippen LogP contribution in [0.3, 0.4) is 0 Å². The molecule has 0 aliphatic rings. The normalized spacial score (nSPS) is 10.8. The van der Waals surface area contributed by atoms with Crippen LogP contribution < -0.4 is 4.74 Å². The van der Waals surface area contributed by atoms with Gasteiger partial charge in [-0.2, -0.15) is 0 Å². The number of benzene rings is 2. The molecule has 5 heteroatoms. The maximum atomic E-state index is 12.2. The highest BCUT2D eigenvalue weighted by Gasteiger charge is 2.10. The Morgan fingerprint density at radius 1 is 1.26 bits per heavy atom. The molecule has 2 aromatic rings. The molecule has 23 heavy (non-hydrogen) atoms. The molecule has 0 spiro atoms. The molecule has 0 aromatic heterocycles. The minimum atomic E-state index is -0.0815. The summed E-state index contributed by atoms with van der Waals surface area (Å²) in [5.41, 5.74) is 1.87. The molecule has 0 atom stereocenters. The molecule has 0 aliphatic carbocycles. The Bertz CT molecular complexity index is 713. The van der Waals surface area contributed by atoms with Gasteiger partial charge in [0.1, 0.15) is 5.75 Å². The van der Waals surface area contributed by atoms with Crippen LogP contribution in [0.25, 0.3) is 6.08 Å². The van der Waals surface area contributed by atoms with Crippen molar-refractivity contribution in [1.29, 1.82) is 0 Å². The van der Waals surface area contributed by atoms with Crippen LogP contribution in [0, 0.1) is 0 Å².